The summed E-state index contributed by atoms with van der Waals surface area (Å²) in [4.78, 5) is 10.2. The quantitative estimate of drug-likeness (QED) is 0.120. The van der Waals surface area contributed by atoms with Crippen LogP contribution >= 0.6 is 0 Å². The third-order valence-electron chi connectivity index (χ3n) is 4.58. The molecule has 1 aliphatic rings. The molecule has 172 valence electrons. The fraction of sp³-hybridized carbons (Fsp3) is 0.333. The fourth-order valence-corrected chi connectivity index (χ4v) is 2.88. The van der Waals surface area contributed by atoms with Crippen molar-refractivity contribution in [1.29, 1.82) is 5.26 Å². The minimum Gasteiger partial charge on any atom is -0.397 e. The minimum absolute atomic E-state index is 0.0481. The highest BCUT2D eigenvalue weighted by Crippen LogP contribution is 2.29. The molecule has 0 spiro atoms. The predicted octanol–water partition coefficient (Wildman–Crippen LogP) is 2.66. The number of nitriles is 1. The van der Waals surface area contributed by atoms with Crippen molar-refractivity contribution in [2.75, 3.05) is 7.05 Å². The van der Waals surface area contributed by atoms with Gasteiger partial charge in [-0.25, -0.2) is 5.26 Å². The molecule has 0 radical (unpaired) electrons. The number of alkyl halides is 3. The van der Waals surface area contributed by atoms with E-state index in [2.05, 4.69) is 16.7 Å². The molecule has 1 heterocycles. The Morgan fingerprint density at radius 1 is 1.38 bits per heavy atom. The Morgan fingerprint density at radius 3 is 2.56 bits per heavy atom. The van der Waals surface area contributed by atoms with Gasteiger partial charge in [-0.15, -0.1) is 0 Å². The highest BCUT2D eigenvalue weighted by atomic mass is 19.4. The van der Waals surface area contributed by atoms with Crippen LogP contribution in [0.25, 0.3) is 0 Å². The third kappa shape index (κ3) is 9.72. The van der Waals surface area contributed by atoms with E-state index in [4.69, 9.17) is 21.6 Å². The van der Waals surface area contributed by atoms with Crippen molar-refractivity contribution in [2.24, 2.45) is 11.6 Å². The average Bonchev–Trinajstić information content (AvgIpc) is 3.23. The number of carbonyl (C=O) groups excluding carboxylic acids is 1. The molecular formula is C21H27BF3N5O2. The smallest absolute Gasteiger partial charge is 0.397 e. The second kappa shape index (κ2) is 14.0. The maximum atomic E-state index is 12.4. The number of rotatable bonds is 8. The van der Waals surface area contributed by atoms with Crippen LogP contribution in [-0.2, 0) is 22.3 Å². The van der Waals surface area contributed by atoms with E-state index in [9.17, 15) is 18.0 Å². The van der Waals surface area contributed by atoms with Gasteiger partial charge >= 0.3 is 6.18 Å². The molecule has 0 aliphatic carbocycles. The number of nitrogens with zero attached hydrogens (tertiary/aromatic N) is 1. The maximum absolute atomic E-state index is 12.4. The molecule has 2 rings (SSSR count). The molecule has 7 nitrogen and oxygen atoms in total. The van der Waals surface area contributed by atoms with Crippen molar-refractivity contribution in [2.45, 2.75) is 37.9 Å². The van der Waals surface area contributed by atoms with E-state index in [-0.39, 0.29) is 12.8 Å². The molecule has 1 aromatic rings. The number of halogens is 3. The number of carbonyl (C=O) groups is 1. The van der Waals surface area contributed by atoms with Gasteiger partial charge in [0.25, 0.3) is 6.71 Å². The summed E-state index contributed by atoms with van der Waals surface area (Å²) in [5.41, 5.74) is 8.89. The average molecular weight is 449 g/mol. The first-order valence-corrected chi connectivity index (χ1v) is 9.83. The van der Waals surface area contributed by atoms with Gasteiger partial charge in [0.05, 0.1) is 24.0 Å². The molecule has 1 aliphatic heterocycles. The number of aldehydes is 1. The van der Waals surface area contributed by atoms with Gasteiger partial charge < -0.3 is 21.2 Å². The lowest BCUT2D eigenvalue weighted by Gasteiger charge is -2.12. The Balaban J connectivity index is 0.000000347. The Labute approximate surface area is 186 Å². The molecule has 1 atom stereocenters. The van der Waals surface area contributed by atoms with Crippen molar-refractivity contribution in [3.63, 3.8) is 0 Å². The fourth-order valence-electron chi connectivity index (χ4n) is 2.88. The SMILES string of the molecule is CN\C=C/C(=C\C=O)C(/N)=C/NN.N#CB1CCC(OCc2ccc(C(F)(F)F)cc2)C1. The molecule has 6 N–H and O–H groups in total. The number of nitrogens with one attached hydrogen (secondary N) is 2. The number of hydrogen-bond acceptors (Lipinski definition) is 7. The molecule has 0 bridgehead atoms. The Bertz CT molecular complexity index is 848. The number of ether oxygens (including phenoxy) is 1. The Morgan fingerprint density at radius 2 is 2.06 bits per heavy atom. The Hall–Kier alpha value is -3.23. The zero-order chi connectivity index (χ0) is 24.0. The van der Waals surface area contributed by atoms with Gasteiger partial charge in [-0.05, 0) is 48.8 Å². The summed E-state index contributed by atoms with van der Waals surface area (Å²) >= 11 is 0. The zero-order valence-electron chi connectivity index (χ0n) is 17.7. The number of benzene rings is 1. The van der Waals surface area contributed by atoms with Crippen LogP contribution in [0.5, 0.6) is 0 Å². The number of nitrogens with two attached hydrogens (primary N) is 2. The first kappa shape index (κ1) is 26.8. The monoisotopic (exact) mass is 449 g/mol. The highest BCUT2D eigenvalue weighted by molar-refractivity contribution is 6.67. The Kier molecular flexibility index (Phi) is 11.7. The molecule has 1 unspecified atom stereocenters. The van der Waals surface area contributed by atoms with E-state index in [0.29, 0.717) is 29.7 Å². The van der Waals surface area contributed by atoms with Gasteiger partial charge in [-0.1, -0.05) is 18.5 Å². The summed E-state index contributed by atoms with van der Waals surface area (Å²) < 4.78 is 42.7. The van der Waals surface area contributed by atoms with Crippen LogP contribution in [0.4, 0.5) is 13.2 Å². The first-order chi connectivity index (χ1) is 15.2. The summed E-state index contributed by atoms with van der Waals surface area (Å²) in [6.07, 6.45) is 4.88. The molecule has 32 heavy (non-hydrogen) atoms. The van der Waals surface area contributed by atoms with E-state index >= 15 is 0 Å². The van der Waals surface area contributed by atoms with Crippen molar-refractivity contribution in [1.82, 2.24) is 10.7 Å². The summed E-state index contributed by atoms with van der Waals surface area (Å²) in [6, 6.07) is 4.98. The molecule has 0 saturated carbocycles. The minimum atomic E-state index is -4.30. The van der Waals surface area contributed by atoms with Crippen LogP contribution in [-0.4, -0.2) is 26.2 Å². The topological polar surface area (TPSA) is 126 Å². The lowest BCUT2D eigenvalue weighted by atomic mass is 9.50. The standard InChI is InChI=1S/C13H13BF3NO.C8H14N4O/c15-13(16,17)11-3-1-10(2-4-11)8-19-12-5-6-14(7-12)9-18;1-11-4-2-7(3-5-13)8(9)6-12-10/h1-4,12H,5-8H2;2-6,11-12H,9-10H2,1H3/b;4-2-,7-3+,8-6-. The molecular weight excluding hydrogens is 422 g/mol. The lowest BCUT2D eigenvalue weighted by Crippen LogP contribution is -2.17. The summed E-state index contributed by atoms with van der Waals surface area (Å²) in [5, 5.41) is 11.5. The van der Waals surface area contributed by atoms with Gasteiger partial charge in [0, 0.05) is 24.8 Å². The summed E-state index contributed by atoms with van der Waals surface area (Å²) in [5.74, 6) is 7.24. The third-order valence-corrected chi connectivity index (χ3v) is 4.58. The summed E-state index contributed by atoms with van der Waals surface area (Å²) in [7, 11) is 1.75. The summed E-state index contributed by atoms with van der Waals surface area (Å²) in [6.45, 7) is 0.346. The molecule has 1 saturated heterocycles. The van der Waals surface area contributed by atoms with E-state index in [0.717, 1.165) is 31.2 Å². The predicted molar refractivity (Wildman–Crippen MR) is 118 cm³/mol. The van der Waals surface area contributed by atoms with E-state index in [1.54, 1.807) is 19.3 Å². The van der Waals surface area contributed by atoms with E-state index in [1.807, 2.05) is 0 Å². The molecule has 11 heteroatoms. The largest absolute Gasteiger partial charge is 0.416 e. The first-order valence-electron chi connectivity index (χ1n) is 9.83. The van der Waals surface area contributed by atoms with Gasteiger partial charge in [0.2, 0.25) is 0 Å². The van der Waals surface area contributed by atoms with Crippen LogP contribution in [0.3, 0.4) is 0 Å². The maximum Gasteiger partial charge on any atom is 0.416 e. The highest BCUT2D eigenvalue weighted by Gasteiger charge is 2.30. The number of hydrazine groups is 1. The van der Waals surface area contributed by atoms with Crippen LogP contribution < -0.4 is 22.3 Å². The van der Waals surface area contributed by atoms with Crippen LogP contribution in [0.15, 0.2) is 60.1 Å². The van der Waals surface area contributed by atoms with Crippen molar-refractivity contribution < 1.29 is 22.7 Å². The molecule has 0 amide bonds. The molecule has 1 aromatic carbocycles. The second-order valence-corrected chi connectivity index (χ2v) is 6.91. The van der Waals surface area contributed by atoms with Gasteiger partial charge in [-0.2, -0.15) is 13.2 Å². The zero-order valence-corrected chi connectivity index (χ0v) is 17.7. The lowest BCUT2D eigenvalue weighted by molar-refractivity contribution is -0.137. The van der Waals surface area contributed by atoms with Crippen LogP contribution in [0.1, 0.15) is 17.5 Å². The normalized spacial score (nSPS) is 16.9. The molecule has 1 fully saturated rings. The van der Waals surface area contributed by atoms with E-state index < -0.39 is 11.7 Å². The molecule has 0 aromatic heterocycles. The second-order valence-electron chi connectivity index (χ2n) is 6.91. The van der Waals surface area contributed by atoms with Crippen molar-refractivity contribution >= 4 is 13.0 Å². The van der Waals surface area contributed by atoms with Crippen LogP contribution in [0.2, 0.25) is 12.6 Å². The van der Waals surface area contributed by atoms with Gasteiger partial charge in [0.1, 0.15) is 6.29 Å². The van der Waals surface area contributed by atoms with Crippen molar-refractivity contribution in [3.05, 3.63) is 71.2 Å². The van der Waals surface area contributed by atoms with Crippen molar-refractivity contribution in [3.8, 4) is 5.97 Å². The number of allylic oxidation sites excluding steroid dienone is 2. The van der Waals surface area contributed by atoms with E-state index in [1.165, 1.54) is 24.4 Å². The number of hydrogen-bond donors (Lipinski definition) is 4. The van der Waals surface area contributed by atoms with Gasteiger partial charge in [-0.3, -0.25) is 10.6 Å². The van der Waals surface area contributed by atoms with Gasteiger partial charge in [0.15, 0.2) is 0 Å². The van der Waals surface area contributed by atoms with Crippen LogP contribution in [0, 0.1) is 11.2 Å².